The van der Waals surface area contributed by atoms with Gasteiger partial charge in [-0.05, 0) is 11.6 Å². The molecule has 1 atom stereocenters. The number of fused-ring (bicyclic) bond motifs is 7. The predicted molar refractivity (Wildman–Crippen MR) is 154 cm³/mol. The van der Waals surface area contributed by atoms with Crippen molar-refractivity contribution < 1.29 is 102 Å². The zero-order valence-electron chi connectivity index (χ0n) is 27.1. The molecule has 3 aliphatic carbocycles. The van der Waals surface area contributed by atoms with Gasteiger partial charge >= 0.3 is 19.0 Å². The molecule has 3 aliphatic rings. The van der Waals surface area contributed by atoms with Gasteiger partial charge in [0.25, 0.3) is 0 Å². The molecule has 0 heterocycles. The molecular formula is C35H4BF21O2. The van der Waals surface area contributed by atoms with E-state index in [2.05, 4.69) is 0 Å². The van der Waals surface area contributed by atoms with Gasteiger partial charge in [0.15, 0.2) is 87.1 Å². The Hall–Kier alpha value is -5.97. The lowest BCUT2D eigenvalue weighted by Crippen LogP contribution is -2.39. The van der Waals surface area contributed by atoms with Gasteiger partial charge in [-0.1, -0.05) is 12.1 Å². The Bertz CT molecular complexity index is 2690. The van der Waals surface area contributed by atoms with Crippen LogP contribution in [0, 0.1) is 87.3 Å². The van der Waals surface area contributed by atoms with Gasteiger partial charge in [-0.2, -0.15) is 26.3 Å². The first-order valence-corrected chi connectivity index (χ1v) is 15.5. The summed E-state index contributed by atoms with van der Waals surface area (Å²) in [7, 11) is -3.80. The van der Waals surface area contributed by atoms with Crippen molar-refractivity contribution in [3.8, 4) is 33.8 Å². The molecule has 0 N–H and O–H groups in total. The standard InChI is InChI=1S/C35H4BF21O2/c37-5-3-1-2-4-6(5)16(38)23(45)15(4)36(58-32-13-9(19(41)26(48)30(32)52)7-11(34(13,54)55)21(43)28(50)24(46)17(7)39)59-33-14-10(20(42)27(49)31(33)53)8-12(35(14,56)57)22(44)29(51)25(47)18(8)40/h1-3,15H. The van der Waals surface area contributed by atoms with Gasteiger partial charge < -0.3 is 9.31 Å². The van der Waals surface area contributed by atoms with Gasteiger partial charge in [0.1, 0.15) is 17.5 Å². The molecule has 59 heavy (non-hydrogen) atoms. The van der Waals surface area contributed by atoms with Gasteiger partial charge in [0, 0.05) is 22.3 Å². The third-order valence-corrected chi connectivity index (χ3v) is 9.68. The predicted octanol–water partition coefficient (Wildman–Crippen LogP) is 11.9. The molecule has 2 nitrogen and oxygen atoms in total. The van der Waals surface area contributed by atoms with E-state index in [4.69, 9.17) is 9.31 Å². The van der Waals surface area contributed by atoms with E-state index in [0.29, 0.717) is 18.2 Å². The summed E-state index contributed by atoms with van der Waals surface area (Å²) in [5.74, 6) is -68.3. The number of rotatable bonds is 5. The molecule has 0 spiro atoms. The zero-order chi connectivity index (χ0) is 43.4. The Morgan fingerprint density at radius 1 is 0.390 bits per heavy atom. The highest BCUT2D eigenvalue weighted by Gasteiger charge is 2.59. The normalized spacial score (nSPS) is 16.6. The largest absolute Gasteiger partial charge is 0.610 e. The average molecular weight is 866 g/mol. The Labute approximate surface area is 310 Å². The summed E-state index contributed by atoms with van der Waals surface area (Å²) in [6.07, 6.45) is 0. The van der Waals surface area contributed by atoms with E-state index < -0.39 is 191 Å². The third-order valence-electron chi connectivity index (χ3n) is 9.68. The number of halogens is 21. The molecule has 1 unspecified atom stereocenters. The first-order chi connectivity index (χ1) is 27.4. The van der Waals surface area contributed by atoms with Crippen molar-refractivity contribution in [2.24, 2.45) is 0 Å². The summed E-state index contributed by atoms with van der Waals surface area (Å²) in [6, 6.07) is 1.48. The van der Waals surface area contributed by atoms with Crippen LogP contribution >= 0.6 is 0 Å². The molecule has 24 heteroatoms. The second kappa shape index (κ2) is 12.5. The van der Waals surface area contributed by atoms with Crippen LogP contribution in [0.4, 0.5) is 92.2 Å². The van der Waals surface area contributed by atoms with Crippen LogP contribution in [-0.2, 0) is 11.8 Å². The molecule has 306 valence electrons. The van der Waals surface area contributed by atoms with Crippen LogP contribution < -0.4 is 9.31 Å². The van der Waals surface area contributed by atoms with Crippen LogP contribution in [-0.4, -0.2) is 7.12 Å². The van der Waals surface area contributed by atoms with E-state index in [-0.39, 0.29) is 0 Å². The van der Waals surface area contributed by atoms with Crippen molar-refractivity contribution >= 4 is 12.9 Å². The second-order valence-electron chi connectivity index (χ2n) is 12.7. The van der Waals surface area contributed by atoms with Crippen LogP contribution in [0.15, 0.2) is 24.0 Å². The maximum atomic E-state index is 16.0. The van der Waals surface area contributed by atoms with E-state index in [1.807, 2.05) is 0 Å². The van der Waals surface area contributed by atoms with Crippen molar-refractivity contribution in [3.63, 3.8) is 0 Å². The lowest BCUT2D eigenvalue weighted by Gasteiger charge is -2.27. The average Bonchev–Trinajstić information content (AvgIpc) is 3.70. The van der Waals surface area contributed by atoms with Crippen molar-refractivity contribution in [2.75, 3.05) is 0 Å². The minimum atomic E-state index is -5.63. The van der Waals surface area contributed by atoms with E-state index >= 15 is 52.7 Å². The van der Waals surface area contributed by atoms with E-state index in [9.17, 15) is 39.5 Å². The molecule has 0 radical (unpaired) electrons. The van der Waals surface area contributed by atoms with Crippen LogP contribution in [0.5, 0.6) is 11.5 Å². The number of benzene rings is 5. The lowest BCUT2D eigenvalue weighted by atomic mass is 9.68. The fourth-order valence-electron chi connectivity index (χ4n) is 7.22. The summed E-state index contributed by atoms with van der Waals surface area (Å²) in [5, 5.41) is 0. The molecule has 5 aromatic rings. The Morgan fingerprint density at radius 2 is 0.729 bits per heavy atom. The first-order valence-electron chi connectivity index (χ1n) is 15.5. The van der Waals surface area contributed by atoms with Crippen LogP contribution in [0.1, 0.15) is 39.2 Å². The fourth-order valence-corrected chi connectivity index (χ4v) is 7.22. The zero-order valence-corrected chi connectivity index (χ0v) is 27.1. The van der Waals surface area contributed by atoms with Crippen LogP contribution in [0.25, 0.3) is 28.1 Å². The quantitative estimate of drug-likeness (QED) is 0.0758. The van der Waals surface area contributed by atoms with E-state index in [1.54, 1.807) is 0 Å². The molecule has 0 bridgehead atoms. The van der Waals surface area contributed by atoms with Crippen molar-refractivity contribution in [1.82, 2.24) is 0 Å². The number of alkyl halides is 4. The maximum absolute atomic E-state index is 16.0. The second-order valence-corrected chi connectivity index (χ2v) is 12.7. The molecule has 0 amide bonds. The minimum absolute atomic E-state index is 0.410. The first kappa shape index (κ1) is 39.8. The van der Waals surface area contributed by atoms with Gasteiger partial charge in [-0.15, -0.1) is 0 Å². The Balaban J connectivity index is 1.44. The van der Waals surface area contributed by atoms with Gasteiger partial charge in [0.2, 0.25) is 11.6 Å². The van der Waals surface area contributed by atoms with Gasteiger partial charge in [-0.3, -0.25) is 0 Å². The lowest BCUT2D eigenvalue weighted by molar-refractivity contribution is 0.0401. The Morgan fingerprint density at radius 3 is 1.12 bits per heavy atom. The molecule has 0 fully saturated rings. The van der Waals surface area contributed by atoms with Crippen molar-refractivity contribution in [1.29, 1.82) is 0 Å². The van der Waals surface area contributed by atoms with Crippen molar-refractivity contribution in [2.45, 2.75) is 17.7 Å². The fraction of sp³-hybridized carbons (Fsp3) is 0.0857. The molecule has 5 aromatic carbocycles. The highest BCUT2D eigenvalue weighted by molar-refractivity contribution is 6.50. The number of hydrogen-bond donors (Lipinski definition) is 0. The summed E-state index contributed by atoms with van der Waals surface area (Å²) < 4.78 is 328. The smallest absolute Gasteiger partial charge is 0.523 e. The number of allylic oxidation sites excluding steroid dienone is 1. The van der Waals surface area contributed by atoms with Crippen LogP contribution in [0.2, 0.25) is 0 Å². The van der Waals surface area contributed by atoms with Gasteiger partial charge in [0.05, 0.1) is 27.8 Å². The molecule has 0 saturated heterocycles. The van der Waals surface area contributed by atoms with Crippen molar-refractivity contribution in [3.05, 3.63) is 145 Å². The highest BCUT2D eigenvalue weighted by Crippen LogP contribution is 2.61. The Kier molecular flexibility index (Phi) is 8.46. The minimum Gasteiger partial charge on any atom is -0.523 e. The SMILES string of the molecule is FC1=C(F)C(B(Oc2c(F)c(F)c(F)c3c2C(F)(F)c2c(F)c(F)c(F)c(F)c2-3)Oc2c(F)c(F)c(F)c3c2C(F)(F)c2c(F)c(F)c(F)c(F)c2-3)c2cccc(F)c21. The third kappa shape index (κ3) is 4.84. The molecular weight excluding hydrogens is 862 g/mol. The topological polar surface area (TPSA) is 18.5 Å². The summed E-state index contributed by atoms with van der Waals surface area (Å²) in [5.41, 5.74) is -22.9. The van der Waals surface area contributed by atoms with E-state index in [0.717, 1.165) is 0 Å². The van der Waals surface area contributed by atoms with Gasteiger partial charge in [-0.25, -0.2) is 65.9 Å². The maximum Gasteiger partial charge on any atom is 0.610 e. The number of hydrogen-bond acceptors (Lipinski definition) is 2. The molecule has 0 aromatic heterocycles. The summed E-state index contributed by atoms with van der Waals surface area (Å²) >= 11 is 0. The molecule has 0 saturated carbocycles. The summed E-state index contributed by atoms with van der Waals surface area (Å²) in [4.78, 5) is 0. The monoisotopic (exact) mass is 866 g/mol. The highest BCUT2D eigenvalue weighted by atomic mass is 19.3. The van der Waals surface area contributed by atoms with E-state index in [1.165, 1.54) is 0 Å². The molecule has 8 rings (SSSR count). The summed E-state index contributed by atoms with van der Waals surface area (Å²) in [6.45, 7) is 0. The molecule has 0 aliphatic heterocycles. The van der Waals surface area contributed by atoms with Crippen LogP contribution in [0.3, 0.4) is 0 Å².